The number of fused-ring (bicyclic) bond motifs is 1. The first-order chi connectivity index (χ1) is 16.5. The fourth-order valence-corrected chi connectivity index (χ4v) is 3.87. The number of pyridine rings is 1. The van der Waals surface area contributed by atoms with Crippen LogP contribution in [0.5, 0.6) is 0 Å². The molecular weight excluding hydrogens is 560 g/mol. The first-order valence-electron chi connectivity index (χ1n) is 10.3. The Labute approximate surface area is 216 Å². The molecule has 0 atom stereocenters. The van der Waals surface area contributed by atoms with E-state index in [1.54, 1.807) is 24.3 Å². The van der Waals surface area contributed by atoms with Gasteiger partial charge in [-0.05, 0) is 54.3 Å². The van der Waals surface area contributed by atoms with Gasteiger partial charge in [-0.15, -0.1) is 0 Å². The molecule has 186 valence electrons. The summed E-state index contributed by atoms with van der Waals surface area (Å²) in [6.45, 7) is 0.459. The molecule has 3 rings (SSSR count). The lowest BCUT2D eigenvalue weighted by atomic mass is 10.2. The Morgan fingerprint density at radius 2 is 2.00 bits per heavy atom. The first-order valence-corrected chi connectivity index (χ1v) is 13.0. The maximum absolute atomic E-state index is 13.0. The van der Waals surface area contributed by atoms with Crippen molar-refractivity contribution in [2.75, 3.05) is 43.9 Å². The van der Waals surface area contributed by atoms with Gasteiger partial charge in [0.05, 0.1) is 16.7 Å². The van der Waals surface area contributed by atoms with Gasteiger partial charge in [-0.25, -0.2) is 24.8 Å². The highest BCUT2D eigenvalue weighted by molar-refractivity contribution is 9.10. The summed E-state index contributed by atoms with van der Waals surface area (Å²) in [5.74, 6) is 0.414. The molecule has 0 saturated carbocycles. The number of benzene rings is 1. The lowest BCUT2D eigenvalue weighted by Gasteiger charge is -2.21. The zero-order valence-electron chi connectivity index (χ0n) is 18.9. The molecule has 0 fully saturated rings. The van der Waals surface area contributed by atoms with Crippen molar-refractivity contribution in [3.63, 3.8) is 0 Å². The Kier molecular flexibility index (Phi) is 9.10. The molecule has 1 amide bonds. The van der Waals surface area contributed by atoms with E-state index in [2.05, 4.69) is 40.9 Å². The number of hydrogen-bond donors (Lipinski definition) is 3. The van der Waals surface area contributed by atoms with Gasteiger partial charge in [0.1, 0.15) is 18.0 Å². The largest absolute Gasteiger partial charge is 0.340 e. The molecule has 4 N–H and O–H groups in total. The number of amides is 1. The lowest BCUT2D eigenvalue weighted by molar-refractivity contribution is -0.114. The van der Waals surface area contributed by atoms with Crippen LogP contribution in [0.4, 0.5) is 17.3 Å². The molecule has 3 aromatic rings. The summed E-state index contributed by atoms with van der Waals surface area (Å²) < 4.78 is 25.5. The van der Waals surface area contributed by atoms with Crippen LogP contribution in [-0.2, 0) is 15.0 Å². The van der Waals surface area contributed by atoms with Gasteiger partial charge in [0, 0.05) is 41.3 Å². The van der Waals surface area contributed by atoms with Crippen molar-refractivity contribution in [2.24, 2.45) is 5.14 Å². The molecule has 2 aromatic heterocycles. The van der Waals surface area contributed by atoms with Crippen LogP contribution in [0, 0.1) is 0 Å². The number of likely N-dealkylation sites (N-methyl/N-ethyl adjacent to an activating group) is 1. The molecule has 0 saturated heterocycles. The second-order valence-corrected chi connectivity index (χ2v) is 10.3. The number of halogens is 2. The van der Waals surface area contributed by atoms with Crippen LogP contribution in [0.1, 0.15) is 0 Å². The maximum atomic E-state index is 13.0. The van der Waals surface area contributed by atoms with Gasteiger partial charge < -0.3 is 10.2 Å². The van der Waals surface area contributed by atoms with Gasteiger partial charge in [-0.3, -0.25) is 9.69 Å². The Balaban J connectivity index is 1.96. The van der Waals surface area contributed by atoms with E-state index in [1.807, 2.05) is 25.1 Å². The number of aromatic nitrogens is 3. The van der Waals surface area contributed by atoms with E-state index in [0.717, 1.165) is 5.69 Å². The minimum atomic E-state index is -3.91. The van der Waals surface area contributed by atoms with Crippen LogP contribution in [0.3, 0.4) is 0 Å². The fourth-order valence-electron chi connectivity index (χ4n) is 3.00. The second-order valence-electron chi connectivity index (χ2n) is 7.63. The summed E-state index contributed by atoms with van der Waals surface area (Å²) in [5.41, 5.74) is 1.29. The minimum absolute atomic E-state index is 0.000653. The zero-order chi connectivity index (χ0) is 25.6. The number of carbonyl (C=O) groups excluding carboxylic acids is 1. The van der Waals surface area contributed by atoms with E-state index < -0.39 is 10.2 Å². The minimum Gasteiger partial charge on any atom is -0.340 e. The summed E-state index contributed by atoms with van der Waals surface area (Å²) in [6, 6.07) is 7.01. The molecule has 0 aliphatic carbocycles. The van der Waals surface area contributed by atoms with Crippen LogP contribution >= 0.6 is 27.5 Å². The van der Waals surface area contributed by atoms with E-state index in [0.29, 0.717) is 38.6 Å². The van der Waals surface area contributed by atoms with Crippen molar-refractivity contribution in [2.45, 2.75) is 0 Å². The molecule has 0 bridgehead atoms. The third-order valence-electron chi connectivity index (χ3n) is 4.60. The topological polar surface area (TPSA) is 146 Å². The van der Waals surface area contributed by atoms with Crippen LogP contribution in [0.25, 0.3) is 10.9 Å². The molecule has 0 aliphatic rings. The van der Waals surface area contributed by atoms with Gasteiger partial charge in [0.25, 0.3) is 16.1 Å². The van der Waals surface area contributed by atoms with Crippen molar-refractivity contribution in [1.29, 1.82) is 0 Å². The van der Waals surface area contributed by atoms with E-state index >= 15 is 0 Å². The van der Waals surface area contributed by atoms with Crippen LogP contribution < -0.4 is 20.1 Å². The molecule has 0 unspecified atom stereocenters. The highest BCUT2D eigenvalue weighted by Crippen LogP contribution is 2.30. The Morgan fingerprint density at radius 3 is 2.69 bits per heavy atom. The van der Waals surface area contributed by atoms with E-state index in [9.17, 15) is 13.2 Å². The maximum Gasteiger partial charge on any atom is 0.274 e. The average Bonchev–Trinajstić information content (AvgIpc) is 2.78. The lowest BCUT2D eigenvalue weighted by Crippen LogP contribution is -2.40. The molecule has 2 heterocycles. The molecule has 0 aliphatic heterocycles. The van der Waals surface area contributed by atoms with Crippen LogP contribution in [0.2, 0.25) is 5.02 Å². The molecule has 14 heteroatoms. The van der Waals surface area contributed by atoms with Gasteiger partial charge in [0.15, 0.2) is 0 Å². The van der Waals surface area contributed by atoms with E-state index in [4.69, 9.17) is 16.7 Å². The number of rotatable bonds is 10. The number of hydrogen-bond acceptors (Lipinski definition) is 8. The third kappa shape index (κ3) is 7.92. The van der Waals surface area contributed by atoms with E-state index in [-0.39, 0.29) is 19.0 Å². The quantitative estimate of drug-likeness (QED) is 0.309. The predicted molar refractivity (Wildman–Crippen MR) is 141 cm³/mol. The summed E-state index contributed by atoms with van der Waals surface area (Å²) in [6.07, 6.45) is 6.04. The summed E-state index contributed by atoms with van der Waals surface area (Å²) >= 11 is 9.48. The molecule has 0 radical (unpaired) electrons. The SMILES string of the molecule is CN(C)C/C=C/C(=O)N(CCNS(N)(=O)=O)c1cc2c(Nc3ccc(Cl)c(Br)c3)ncnc2cn1. The van der Waals surface area contributed by atoms with Crippen molar-refractivity contribution in [1.82, 2.24) is 24.6 Å². The number of nitrogens with one attached hydrogen (secondary N) is 2. The number of nitrogens with zero attached hydrogens (tertiary/aromatic N) is 5. The Bertz CT molecular complexity index is 1350. The van der Waals surface area contributed by atoms with Crippen LogP contribution in [0.15, 0.2) is 53.4 Å². The predicted octanol–water partition coefficient (Wildman–Crippen LogP) is 2.43. The van der Waals surface area contributed by atoms with Crippen LogP contribution in [-0.4, -0.2) is 67.9 Å². The molecule has 1 aromatic carbocycles. The normalized spacial score (nSPS) is 11.9. The first kappa shape index (κ1) is 26.9. The van der Waals surface area contributed by atoms with Crippen molar-refractivity contribution in [3.05, 3.63) is 58.4 Å². The summed E-state index contributed by atoms with van der Waals surface area (Å²) in [7, 11) is -0.162. The van der Waals surface area contributed by atoms with Crippen molar-refractivity contribution < 1.29 is 13.2 Å². The Morgan fingerprint density at radius 1 is 1.23 bits per heavy atom. The van der Waals surface area contributed by atoms with Crippen molar-refractivity contribution in [3.8, 4) is 0 Å². The highest BCUT2D eigenvalue weighted by Gasteiger charge is 2.17. The third-order valence-corrected chi connectivity index (χ3v) is 6.42. The highest BCUT2D eigenvalue weighted by atomic mass is 79.9. The second kappa shape index (κ2) is 11.8. The smallest absolute Gasteiger partial charge is 0.274 e. The number of nitrogens with two attached hydrogens (primary N) is 1. The van der Waals surface area contributed by atoms with Crippen molar-refractivity contribution >= 4 is 71.9 Å². The van der Waals surface area contributed by atoms with Gasteiger partial charge in [-0.1, -0.05) is 17.7 Å². The average molecular weight is 584 g/mol. The number of anilines is 3. The summed E-state index contributed by atoms with van der Waals surface area (Å²) in [4.78, 5) is 29.2. The van der Waals surface area contributed by atoms with Gasteiger partial charge in [-0.2, -0.15) is 8.42 Å². The fraction of sp³-hybridized carbons (Fsp3) is 0.238. The van der Waals surface area contributed by atoms with Gasteiger partial charge >= 0.3 is 0 Å². The van der Waals surface area contributed by atoms with E-state index in [1.165, 1.54) is 23.5 Å². The number of carbonyl (C=O) groups is 1. The molecule has 35 heavy (non-hydrogen) atoms. The summed E-state index contributed by atoms with van der Waals surface area (Å²) in [5, 5.41) is 9.42. The molecular formula is C21H24BrClN8O3S. The van der Waals surface area contributed by atoms with Gasteiger partial charge in [0.2, 0.25) is 0 Å². The zero-order valence-corrected chi connectivity index (χ0v) is 22.1. The standard InChI is InChI=1S/C21H24BrClN8O3S/c1-30(2)8-3-4-20(32)31(9-7-28-35(24,33)34)19-11-15-18(12-25-19)26-13-27-21(15)29-14-5-6-17(23)16(22)10-14/h3-6,10-13,28H,7-9H2,1-2H3,(H2,24,33,34)(H,26,27,29)/b4-3+. The monoisotopic (exact) mass is 582 g/mol. The Hall–Kier alpha value is -2.68. The molecule has 0 spiro atoms. The molecule has 11 nitrogen and oxygen atoms in total.